The Hall–Kier alpha value is -3.37. The lowest BCUT2D eigenvalue weighted by Crippen LogP contribution is -2.33. The highest BCUT2D eigenvalue weighted by Crippen LogP contribution is 2.32. The molecule has 1 aliphatic heterocycles. The third-order valence-electron chi connectivity index (χ3n) is 5.86. The number of hydrogen-bond donors (Lipinski definition) is 2. The first-order chi connectivity index (χ1) is 14.5. The Bertz CT molecular complexity index is 1090. The lowest BCUT2D eigenvalue weighted by molar-refractivity contribution is -0.117. The molecule has 0 saturated carbocycles. The predicted molar refractivity (Wildman–Crippen MR) is 113 cm³/mol. The molecular weight excluding hydrogens is 381 g/mol. The average molecular weight is 405 g/mol. The van der Waals surface area contributed by atoms with E-state index in [-0.39, 0.29) is 24.3 Å². The largest absolute Gasteiger partial charge is 0.364 e. The average Bonchev–Trinajstić information content (AvgIpc) is 3.45. The van der Waals surface area contributed by atoms with Gasteiger partial charge in [0.25, 0.3) is 0 Å². The van der Waals surface area contributed by atoms with Gasteiger partial charge in [-0.3, -0.25) is 14.3 Å². The molecule has 1 unspecified atom stereocenters. The zero-order chi connectivity index (χ0) is 21.3. The number of rotatable bonds is 5. The minimum atomic E-state index is -0.337. The van der Waals surface area contributed by atoms with Crippen LogP contribution in [0.3, 0.4) is 0 Å². The number of nitriles is 1. The number of H-pyrrole nitrogens is 1. The van der Waals surface area contributed by atoms with Crippen molar-refractivity contribution in [3.8, 4) is 11.8 Å². The topological polar surface area (TPSA) is 76.8 Å². The summed E-state index contributed by atoms with van der Waals surface area (Å²) in [6, 6.07) is 12.4. The maximum Gasteiger partial charge on any atom is 0.239 e. The van der Waals surface area contributed by atoms with E-state index >= 15 is 0 Å². The summed E-state index contributed by atoms with van der Waals surface area (Å²) in [6.45, 7) is 4.82. The summed E-state index contributed by atoms with van der Waals surface area (Å²) in [4.78, 5) is 18.4. The van der Waals surface area contributed by atoms with Gasteiger partial charge >= 0.3 is 0 Å². The lowest BCUT2D eigenvalue weighted by Gasteiger charge is -2.23. The number of carbonyl (C=O) groups is 1. The van der Waals surface area contributed by atoms with Gasteiger partial charge in [-0.2, -0.15) is 5.26 Å². The third kappa shape index (κ3) is 3.62. The summed E-state index contributed by atoms with van der Waals surface area (Å²) in [6.07, 6.45) is 3.93. The number of amides is 1. The lowest BCUT2D eigenvalue weighted by atomic mass is 10.1. The molecule has 6 nitrogen and oxygen atoms in total. The number of benzene rings is 1. The fourth-order valence-corrected chi connectivity index (χ4v) is 4.25. The summed E-state index contributed by atoms with van der Waals surface area (Å²) in [5.41, 5.74) is 3.85. The first-order valence-corrected chi connectivity index (χ1v) is 10.0. The number of aromatic nitrogens is 2. The van der Waals surface area contributed by atoms with Crippen molar-refractivity contribution < 1.29 is 9.18 Å². The SMILES string of the molecule is Cc1c(C#N)c(NC(=O)CN2CCCC2c2ccc[nH]2)n(-c2ccc(F)cc2)c1C. The summed E-state index contributed by atoms with van der Waals surface area (Å²) in [7, 11) is 0. The van der Waals surface area contributed by atoms with Crippen molar-refractivity contribution in [1.82, 2.24) is 14.5 Å². The van der Waals surface area contributed by atoms with Crippen LogP contribution in [0.2, 0.25) is 0 Å². The summed E-state index contributed by atoms with van der Waals surface area (Å²) >= 11 is 0. The van der Waals surface area contributed by atoms with E-state index in [2.05, 4.69) is 21.3 Å². The van der Waals surface area contributed by atoms with Crippen LogP contribution in [0, 0.1) is 31.0 Å². The number of aromatic amines is 1. The Morgan fingerprint density at radius 3 is 2.73 bits per heavy atom. The molecule has 4 rings (SSSR count). The van der Waals surface area contributed by atoms with Gasteiger partial charge in [0.15, 0.2) is 0 Å². The molecule has 1 atom stereocenters. The first-order valence-electron chi connectivity index (χ1n) is 10.0. The maximum atomic E-state index is 13.4. The quantitative estimate of drug-likeness (QED) is 0.668. The zero-order valence-electron chi connectivity index (χ0n) is 17.1. The molecule has 0 bridgehead atoms. The number of anilines is 1. The standard InChI is InChI=1S/C23H24FN5O/c1-15-16(2)29(18-9-7-17(24)8-10-18)23(19(15)13-25)27-22(30)14-28-12-4-6-21(28)20-5-3-11-26-20/h3,5,7-11,21,26H,4,6,12,14H2,1-2H3,(H,27,30). The molecule has 7 heteroatoms. The minimum absolute atomic E-state index is 0.175. The van der Waals surface area contributed by atoms with Crippen LogP contribution in [-0.4, -0.2) is 33.4 Å². The van der Waals surface area contributed by atoms with Gasteiger partial charge in [-0.25, -0.2) is 4.39 Å². The van der Waals surface area contributed by atoms with E-state index in [4.69, 9.17) is 0 Å². The Morgan fingerprint density at radius 2 is 2.07 bits per heavy atom. The van der Waals surface area contributed by atoms with Crippen molar-refractivity contribution >= 4 is 11.7 Å². The Balaban J connectivity index is 1.61. The molecule has 1 aromatic carbocycles. The highest BCUT2D eigenvalue weighted by atomic mass is 19.1. The van der Waals surface area contributed by atoms with Crippen molar-refractivity contribution in [2.75, 3.05) is 18.4 Å². The van der Waals surface area contributed by atoms with Crippen LogP contribution in [-0.2, 0) is 4.79 Å². The summed E-state index contributed by atoms with van der Waals surface area (Å²) in [5, 5.41) is 12.7. The molecule has 0 aliphatic carbocycles. The van der Waals surface area contributed by atoms with Gasteiger partial charge in [-0.05, 0) is 75.2 Å². The molecule has 154 valence electrons. The van der Waals surface area contributed by atoms with E-state index in [1.165, 1.54) is 12.1 Å². The van der Waals surface area contributed by atoms with Crippen LogP contribution < -0.4 is 5.32 Å². The van der Waals surface area contributed by atoms with Crippen LogP contribution in [0.1, 0.15) is 41.4 Å². The van der Waals surface area contributed by atoms with Crippen LogP contribution in [0.5, 0.6) is 0 Å². The Labute approximate surface area is 174 Å². The van der Waals surface area contributed by atoms with E-state index in [1.807, 2.05) is 32.2 Å². The second-order valence-electron chi connectivity index (χ2n) is 7.66. The number of carbonyl (C=O) groups excluding carboxylic acids is 1. The van der Waals surface area contributed by atoms with Gasteiger partial charge in [0.1, 0.15) is 17.7 Å². The highest BCUT2D eigenvalue weighted by Gasteiger charge is 2.29. The first kappa shape index (κ1) is 19.9. The van der Waals surface area contributed by atoms with Gasteiger partial charge in [-0.15, -0.1) is 0 Å². The van der Waals surface area contributed by atoms with E-state index in [1.54, 1.807) is 16.7 Å². The molecule has 3 aromatic rings. The van der Waals surface area contributed by atoms with E-state index in [0.29, 0.717) is 17.1 Å². The van der Waals surface area contributed by atoms with Gasteiger partial charge in [-0.1, -0.05) is 0 Å². The van der Waals surface area contributed by atoms with Gasteiger partial charge in [0.05, 0.1) is 18.2 Å². The minimum Gasteiger partial charge on any atom is -0.364 e. The second-order valence-corrected chi connectivity index (χ2v) is 7.66. The van der Waals surface area contributed by atoms with Crippen LogP contribution in [0.25, 0.3) is 5.69 Å². The normalized spacial score (nSPS) is 16.5. The number of nitrogens with zero attached hydrogens (tertiary/aromatic N) is 3. The molecule has 0 spiro atoms. The van der Waals surface area contributed by atoms with Crippen LogP contribution in [0.4, 0.5) is 10.2 Å². The Morgan fingerprint density at radius 1 is 1.30 bits per heavy atom. The number of halogens is 1. The van der Waals surface area contributed by atoms with Gasteiger partial charge in [0, 0.05) is 23.3 Å². The molecule has 30 heavy (non-hydrogen) atoms. The number of hydrogen-bond acceptors (Lipinski definition) is 3. The van der Waals surface area contributed by atoms with Crippen molar-refractivity contribution in [3.63, 3.8) is 0 Å². The molecular formula is C23H24FN5O. The predicted octanol–water partition coefficient (Wildman–Crippen LogP) is 4.21. The van der Waals surface area contributed by atoms with Crippen molar-refractivity contribution in [3.05, 3.63) is 70.9 Å². The van der Waals surface area contributed by atoms with E-state index in [0.717, 1.165) is 36.3 Å². The van der Waals surface area contributed by atoms with Gasteiger partial charge in [0.2, 0.25) is 5.91 Å². The fraction of sp³-hybridized carbons (Fsp3) is 0.304. The molecule has 2 aromatic heterocycles. The smallest absolute Gasteiger partial charge is 0.239 e. The molecule has 1 saturated heterocycles. The Kier molecular flexibility index (Phi) is 5.42. The van der Waals surface area contributed by atoms with Gasteiger partial charge < -0.3 is 10.3 Å². The van der Waals surface area contributed by atoms with E-state index in [9.17, 15) is 14.4 Å². The molecule has 0 radical (unpaired) electrons. The molecule has 3 heterocycles. The summed E-state index contributed by atoms with van der Waals surface area (Å²) in [5.74, 6) is -0.0821. The summed E-state index contributed by atoms with van der Waals surface area (Å²) < 4.78 is 15.2. The van der Waals surface area contributed by atoms with Crippen molar-refractivity contribution in [1.29, 1.82) is 5.26 Å². The molecule has 2 N–H and O–H groups in total. The fourth-order valence-electron chi connectivity index (χ4n) is 4.25. The van der Waals surface area contributed by atoms with Crippen LogP contribution >= 0.6 is 0 Å². The second kappa shape index (κ2) is 8.17. The molecule has 1 fully saturated rings. The maximum absolute atomic E-state index is 13.4. The molecule has 1 aliphatic rings. The highest BCUT2D eigenvalue weighted by molar-refractivity contribution is 5.93. The molecule has 1 amide bonds. The van der Waals surface area contributed by atoms with E-state index < -0.39 is 0 Å². The number of likely N-dealkylation sites (tertiary alicyclic amines) is 1. The monoisotopic (exact) mass is 405 g/mol. The van der Waals surface area contributed by atoms with Crippen molar-refractivity contribution in [2.24, 2.45) is 0 Å². The number of nitrogens with one attached hydrogen (secondary N) is 2. The van der Waals surface area contributed by atoms with Crippen molar-refractivity contribution in [2.45, 2.75) is 32.7 Å². The third-order valence-corrected chi connectivity index (χ3v) is 5.86. The van der Waals surface area contributed by atoms with Crippen LogP contribution in [0.15, 0.2) is 42.6 Å². The zero-order valence-corrected chi connectivity index (χ0v) is 17.1.